The molecule has 0 bridgehead atoms. The Kier molecular flexibility index (Phi) is 3.87. The van der Waals surface area contributed by atoms with Gasteiger partial charge in [-0.15, -0.1) is 11.3 Å². The molecule has 1 amide bonds. The van der Waals surface area contributed by atoms with E-state index in [9.17, 15) is 18.0 Å². The van der Waals surface area contributed by atoms with E-state index in [0.717, 1.165) is 14.7 Å². The zero-order valence-electron chi connectivity index (χ0n) is 10.6. The first-order valence-corrected chi connectivity index (χ1v) is 6.83. The number of carbonyl (C=O) groups is 1. The van der Waals surface area contributed by atoms with Crippen LogP contribution in [0.3, 0.4) is 0 Å². The number of thiophene rings is 1. The summed E-state index contributed by atoms with van der Waals surface area (Å²) < 4.78 is 37.8. The highest BCUT2D eigenvalue weighted by Crippen LogP contribution is 2.33. The Bertz CT molecular complexity index is 472. The number of rotatable bonds is 3. The minimum Gasteiger partial charge on any atom is -0.312 e. The van der Waals surface area contributed by atoms with Gasteiger partial charge in [-0.1, -0.05) is 6.92 Å². The summed E-state index contributed by atoms with van der Waals surface area (Å²) in [7, 11) is 0. The Hall–Kier alpha value is -1.08. The summed E-state index contributed by atoms with van der Waals surface area (Å²) in [5.41, 5.74) is 0. The predicted octanol–water partition coefficient (Wildman–Crippen LogP) is 2.83. The van der Waals surface area contributed by atoms with Crippen LogP contribution >= 0.6 is 11.3 Å². The van der Waals surface area contributed by atoms with Crippen LogP contribution in [0.25, 0.3) is 0 Å². The van der Waals surface area contributed by atoms with E-state index in [1.165, 1.54) is 11.3 Å². The van der Waals surface area contributed by atoms with Crippen molar-refractivity contribution in [3.8, 4) is 0 Å². The van der Waals surface area contributed by atoms with Crippen LogP contribution in [0, 0.1) is 6.92 Å². The highest BCUT2D eigenvalue weighted by Gasteiger charge is 2.44. The summed E-state index contributed by atoms with van der Waals surface area (Å²) in [6.45, 7) is 2.46. The third kappa shape index (κ3) is 3.09. The lowest BCUT2D eigenvalue weighted by atomic mass is 10.2. The fourth-order valence-electron chi connectivity index (χ4n) is 2.17. The standard InChI is InChI=1S/C12H15F3N2OS/c1-3-8-11(18)17(6-12(13,14)15)10(16-8)9-5-4-7(2)19-9/h4-5,8,10,16H,3,6H2,1-2H3. The van der Waals surface area contributed by atoms with E-state index in [4.69, 9.17) is 0 Å². The van der Waals surface area contributed by atoms with Crippen molar-refractivity contribution in [3.05, 3.63) is 21.9 Å². The van der Waals surface area contributed by atoms with E-state index >= 15 is 0 Å². The number of amides is 1. The van der Waals surface area contributed by atoms with Gasteiger partial charge < -0.3 is 4.90 Å². The summed E-state index contributed by atoms with van der Waals surface area (Å²) >= 11 is 1.41. The van der Waals surface area contributed by atoms with Crippen LogP contribution in [0.5, 0.6) is 0 Å². The van der Waals surface area contributed by atoms with Crippen molar-refractivity contribution >= 4 is 17.2 Å². The van der Waals surface area contributed by atoms with Crippen LogP contribution in [0.15, 0.2) is 12.1 Å². The van der Waals surface area contributed by atoms with Crippen LogP contribution in [0.1, 0.15) is 29.3 Å². The second kappa shape index (κ2) is 5.13. The van der Waals surface area contributed by atoms with Gasteiger partial charge in [0.2, 0.25) is 5.91 Å². The van der Waals surface area contributed by atoms with Crippen molar-refractivity contribution in [1.29, 1.82) is 0 Å². The van der Waals surface area contributed by atoms with Gasteiger partial charge in [0.1, 0.15) is 12.7 Å². The molecule has 0 radical (unpaired) electrons. The molecule has 1 N–H and O–H groups in total. The van der Waals surface area contributed by atoms with Gasteiger partial charge >= 0.3 is 6.18 Å². The zero-order valence-corrected chi connectivity index (χ0v) is 11.4. The minimum atomic E-state index is -4.38. The first kappa shape index (κ1) is 14.3. The SMILES string of the molecule is CCC1NC(c2ccc(C)s2)N(CC(F)(F)F)C1=O. The van der Waals surface area contributed by atoms with Gasteiger partial charge in [-0.25, -0.2) is 0 Å². The Labute approximate surface area is 113 Å². The molecule has 1 aliphatic rings. The van der Waals surface area contributed by atoms with Crippen LogP contribution < -0.4 is 5.32 Å². The van der Waals surface area contributed by atoms with Crippen molar-refractivity contribution in [2.75, 3.05) is 6.54 Å². The Balaban J connectivity index is 2.26. The maximum atomic E-state index is 12.6. The summed E-state index contributed by atoms with van der Waals surface area (Å²) in [5.74, 6) is -0.476. The van der Waals surface area contributed by atoms with Gasteiger partial charge in [0.15, 0.2) is 0 Å². The van der Waals surface area contributed by atoms with Crippen molar-refractivity contribution in [1.82, 2.24) is 10.2 Å². The molecule has 1 saturated heterocycles. The summed E-state index contributed by atoms with van der Waals surface area (Å²) in [6.07, 6.45) is -4.57. The lowest BCUT2D eigenvalue weighted by Crippen LogP contribution is -2.38. The number of alkyl halides is 3. The molecule has 2 heterocycles. The second-order valence-corrected chi connectivity index (χ2v) is 5.88. The Morgan fingerprint density at radius 1 is 1.42 bits per heavy atom. The number of hydrogen-bond donors (Lipinski definition) is 1. The lowest BCUT2D eigenvalue weighted by molar-refractivity contribution is -0.161. The molecule has 19 heavy (non-hydrogen) atoms. The molecule has 1 aromatic heterocycles. The summed E-state index contributed by atoms with van der Waals surface area (Å²) in [5, 5.41) is 2.98. The fourth-order valence-corrected chi connectivity index (χ4v) is 3.12. The summed E-state index contributed by atoms with van der Waals surface area (Å²) in [6, 6.07) is 3.08. The average molecular weight is 292 g/mol. The third-order valence-electron chi connectivity index (χ3n) is 3.04. The molecule has 1 aliphatic heterocycles. The first-order chi connectivity index (χ1) is 8.81. The van der Waals surface area contributed by atoms with Gasteiger partial charge in [0, 0.05) is 9.75 Å². The number of hydrogen-bond acceptors (Lipinski definition) is 3. The first-order valence-electron chi connectivity index (χ1n) is 6.01. The number of aryl methyl sites for hydroxylation is 1. The topological polar surface area (TPSA) is 32.3 Å². The molecule has 2 atom stereocenters. The van der Waals surface area contributed by atoms with Crippen molar-refractivity contribution in [2.24, 2.45) is 0 Å². The van der Waals surface area contributed by atoms with Gasteiger partial charge in [0.05, 0.1) is 6.04 Å². The van der Waals surface area contributed by atoms with E-state index in [0.29, 0.717) is 6.42 Å². The third-order valence-corrected chi connectivity index (χ3v) is 4.09. The predicted molar refractivity (Wildman–Crippen MR) is 66.8 cm³/mol. The van der Waals surface area contributed by atoms with Gasteiger partial charge in [-0.2, -0.15) is 13.2 Å². The van der Waals surface area contributed by atoms with Crippen molar-refractivity contribution < 1.29 is 18.0 Å². The molecule has 2 rings (SSSR count). The molecule has 2 unspecified atom stereocenters. The summed E-state index contributed by atoms with van der Waals surface area (Å²) in [4.78, 5) is 14.6. The van der Waals surface area contributed by atoms with E-state index in [1.807, 2.05) is 13.0 Å². The number of nitrogens with zero attached hydrogens (tertiary/aromatic N) is 1. The van der Waals surface area contributed by atoms with E-state index in [-0.39, 0.29) is 0 Å². The zero-order chi connectivity index (χ0) is 14.2. The molecular weight excluding hydrogens is 277 g/mol. The normalized spacial score (nSPS) is 24.3. The maximum absolute atomic E-state index is 12.6. The van der Waals surface area contributed by atoms with E-state index in [2.05, 4.69) is 5.32 Å². The highest BCUT2D eigenvalue weighted by molar-refractivity contribution is 7.12. The fraction of sp³-hybridized carbons (Fsp3) is 0.583. The van der Waals surface area contributed by atoms with Crippen LogP contribution in [-0.4, -0.2) is 29.6 Å². The molecule has 1 fully saturated rings. The molecule has 0 saturated carbocycles. The smallest absolute Gasteiger partial charge is 0.312 e. The van der Waals surface area contributed by atoms with Crippen LogP contribution in [0.2, 0.25) is 0 Å². The van der Waals surface area contributed by atoms with Crippen molar-refractivity contribution in [2.45, 2.75) is 38.7 Å². The van der Waals surface area contributed by atoms with Crippen LogP contribution in [-0.2, 0) is 4.79 Å². The molecule has 0 aromatic carbocycles. The van der Waals surface area contributed by atoms with Crippen molar-refractivity contribution in [3.63, 3.8) is 0 Å². The largest absolute Gasteiger partial charge is 0.406 e. The monoisotopic (exact) mass is 292 g/mol. The Morgan fingerprint density at radius 2 is 2.11 bits per heavy atom. The molecule has 7 heteroatoms. The molecule has 0 spiro atoms. The maximum Gasteiger partial charge on any atom is 0.406 e. The average Bonchev–Trinajstić information content (AvgIpc) is 2.83. The molecule has 3 nitrogen and oxygen atoms in total. The number of carbonyl (C=O) groups excluding carboxylic acids is 1. The number of halogens is 3. The second-order valence-electron chi connectivity index (χ2n) is 4.56. The minimum absolute atomic E-state index is 0.476. The molecule has 0 aliphatic carbocycles. The van der Waals surface area contributed by atoms with Gasteiger partial charge in [0.25, 0.3) is 0 Å². The highest BCUT2D eigenvalue weighted by atomic mass is 32.1. The van der Waals surface area contributed by atoms with E-state index < -0.39 is 30.8 Å². The molecule has 106 valence electrons. The van der Waals surface area contributed by atoms with Gasteiger partial charge in [-0.05, 0) is 25.5 Å². The number of nitrogens with one attached hydrogen (secondary N) is 1. The lowest BCUT2D eigenvalue weighted by Gasteiger charge is -2.24. The quantitative estimate of drug-likeness (QED) is 0.929. The van der Waals surface area contributed by atoms with Gasteiger partial charge in [-0.3, -0.25) is 10.1 Å². The van der Waals surface area contributed by atoms with Crippen LogP contribution in [0.4, 0.5) is 13.2 Å². The van der Waals surface area contributed by atoms with E-state index in [1.54, 1.807) is 13.0 Å². The molecular formula is C12H15F3N2OS. The molecule has 1 aromatic rings. The Morgan fingerprint density at radius 3 is 2.58 bits per heavy atom.